The van der Waals surface area contributed by atoms with Crippen LogP contribution in [-0.2, 0) is 10.1 Å². The molecule has 0 amide bonds. The fourth-order valence-corrected chi connectivity index (χ4v) is 3.01. The van der Waals surface area contributed by atoms with Crippen molar-refractivity contribution in [1.82, 2.24) is 0 Å². The van der Waals surface area contributed by atoms with E-state index in [1.165, 1.54) is 30.7 Å². The van der Waals surface area contributed by atoms with Gasteiger partial charge in [-0.25, -0.2) is 17.2 Å². The van der Waals surface area contributed by atoms with Gasteiger partial charge in [0.25, 0.3) is 0 Å². The van der Waals surface area contributed by atoms with Crippen LogP contribution in [0.4, 0.5) is 8.78 Å². The highest BCUT2D eigenvalue weighted by Gasteiger charge is 2.16. The molecule has 0 aliphatic heterocycles. The van der Waals surface area contributed by atoms with E-state index in [4.69, 9.17) is 0 Å². The number of nitrogens with zero attached hydrogens (tertiary/aromatic N) is 1. The maximum atomic E-state index is 11.6. The molecule has 23 heavy (non-hydrogen) atoms. The van der Waals surface area contributed by atoms with Gasteiger partial charge in [-0.15, -0.1) is 0 Å². The number of halogens is 2. The minimum Gasteiger partial charge on any atom is -0.748 e. The molecule has 0 bridgehead atoms. The van der Waals surface area contributed by atoms with Gasteiger partial charge in [0.2, 0.25) is 6.43 Å². The van der Waals surface area contributed by atoms with Crippen molar-refractivity contribution >= 4 is 10.1 Å². The minimum absolute atomic E-state index is 0.0974. The summed E-state index contributed by atoms with van der Waals surface area (Å²) in [6, 6.07) is 0. The third-order valence-electron chi connectivity index (χ3n) is 4.50. The molecule has 4 nitrogen and oxygen atoms in total. The van der Waals surface area contributed by atoms with Gasteiger partial charge in [-0.2, -0.15) is 0 Å². The van der Waals surface area contributed by atoms with Gasteiger partial charge in [0, 0.05) is 12.2 Å². The van der Waals surface area contributed by atoms with Gasteiger partial charge in [-0.3, -0.25) is 0 Å². The molecule has 142 valence electrons. The molecule has 0 N–H and O–H groups in total. The molecule has 0 rings (SSSR count). The number of hydrogen-bond acceptors (Lipinski definition) is 3. The lowest BCUT2D eigenvalue weighted by Crippen LogP contribution is -2.47. The van der Waals surface area contributed by atoms with Gasteiger partial charge in [-0.05, 0) is 40.5 Å². The number of unbranched alkanes of at least 4 members (excludes halogenated alkanes) is 4. The summed E-state index contributed by atoms with van der Waals surface area (Å²) >= 11 is 0. The average Bonchev–Trinajstić information content (AvgIpc) is 2.48. The van der Waals surface area contributed by atoms with E-state index in [1.807, 2.05) is 0 Å². The number of alkyl halides is 2. The molecule has 0 heterocycles. The smallest absolute Gasteiger partial charge is 0.238 e. The SMILES string of the molecule is CC[N+](CC)(CC)CC.O=S(=O)([O-])CCCCCCCC(F)F. The van der Waals surface area contributed by atoms with E-state index in [9.17, 15) is 21.8 Å². The molecule has 0 aromatic carbocycles. The Bertz CT molecular complexity index is 341. The molecule has 0 aliphatic rings. The Labute approximate surface area is 141 Å². The molecule has 0 unspecified atom stereocenters. The van der Waals surface area contributed by atoms with Gasteiger partial charge in [-0.1, -0.05) is 19.3 Å². The van der Waals surface area contributed by atoms with Crippen LogP contribution in [0.2, 0.25) is 0 Å². The maximum absolute atomic E-state index is 11.6. The van der Waals surface area contributed by atoms with Gasteiger partial charge >= 0.3 is 0 Å². The topological polar surface area (TPSA) is 57.2 Å². The highest BCUT2D eigenvalue weighted by atomic mass is 32.2. The van der Waals surface area contributed by atoms with Crippen LogP contribution in [0.5, 0.6) is 0 Å². The number of rotatable bonds is 12. The maximum Gasteiger partial charge on any atom is 0.238 e. The quantitative estimate of drug-likeness (QED) is 0.300. The van der Waals surface area contributed by atoms with Crippen LogP contribution in [-0.4, -0.2) is 55.8 Å². The fraction of sp³-hybridized carbons (Fsp3) is 1.00. The zero-order chi connectivity index (χ0) is 18.4. The van der Waals surface area contributed by atoms with E-state index in [1.54, 1.807) is 0 Å². The van der Waals surface area contributed by atoms with Crippen molar-refractivity contribution in [3.05, 3.63) is 0 Å². The van der Waals surface area contributed by atoms with E-state index in [-0.39, 0.29) is 12.2 Å². The Morgan fingerprint density at radius 2 is 1.22 bits per heavy atom. The van der Waals surface area contributed by atoms with Crippen molar-refractivity contribution in [3.63, 3.8) is 0 Å². The zero-order valence-electron chi connectivity index (χ0n) is 15.2. The van der Waals surface area contributed by atoms with Crippen molar-refractivity contribution in [2.24, 2.45) is 0 Å². The molecule has 0 saturated carbocycles. The van der Waals surface area contributed by atoms with Crippen LogP contribution in [0.1, 0.15) is 66.2 Å². The molecule has 0 radical (unpaired) electrons. The van der Waals surface area contributed by atoms with Gasteiger partial charge in [0.1, 0.15) is 0 Å². The molecule has 0 fully saturated rings. The number of quaternary nitrogens is 1. The summed E-state index contributed by atoms with van der Waals surface area (Å²) in [4.78, 5) is 0. The summed E-state index contributed by atoms with van der Waals surface area (Å²) in [7, 11) is -4.10. The van der Waals surface area contributed by atoms with Crippen molar-refractivity contribution in [1.29, 1.82) is 0 Å². The van der Waals surface area contributed by atoms with E-state index in [2.05, 4.69) is 27.7 Å². The standard InChI is InChI=1S/C8H16F2O3S.C8H20N/c9-8(10)6-4-2-1-3-5-7-14(11,12)13;1-5-9(6-2,7-3)8-4/h8H,1-7H2,(H,11,12,13);5-8H2,1-4H3/q;+1/p-1. The Kier molecular flexibility index (Phi) is 15.3. The lowest BCUT2D eigenvalue weighted by molar-refractivity contribution is -0.921. The first-order valence-electron chi connectivity index (χ1n) is 8.73. The van der Waals surface area contributed by atoms with E-state index >= 15 is 0 Å². The fourth-order valence-electron chi connectivity index (χ4n) is 2.45. The summed E-state index contributed by atoms with van der Waals surface area (Å²) in [6.45, 7) is 14.2. The summed E-state index contributed by atoms with van der Waals surface area (Å²) < 4.78 is 55.0. The minimum atomic E-state index is -4.10. The van der Waals surface area contributed by atoms with Crippen LogP contribution in [0.25, 0.3) is 0 Å². The third kappa shape index (κ3) is 16.4. The van der Waals surface area contributed by atoms with Crippen LogP contribution >= 0.6 is 0 Å². The Hall–Kier alpha value is -0.270. The summed E-state index contributed by atoms with van der Waals surface area (Å²) in [5.74, 6) is -0.345. The second-order valence-corrected chi connectivity index (χ2v) is 7.34. The normalized spacial score (nSPS) is 12.2. The summed E-state index contributed by atoms with van der Waals surface area (Å²) in [5.41, 5.74) is 0. The van der Waals surface area contributed by atoms with Crippen LogP contribution in [0.3, 0.4) is 0 Å². The predicted molar refractivity (Wildman–Crippen MR) is 90.7 cm³/mol. The van der Waals surface area contributed by atoms with E-state index in [0.29, 0.717) is 32.1 Å². The van der Waals surface area contributed by atoms with Crippen LogP contribution in [0.15, 0.2) is 0 Å². The van der Waals surface area contributed by atoms with E-state index in [0.717, 1.165) is 0 Å². The first-order chi connectivity index (χ1) is 10.7. The van der Waals surface area contributed by atoms with Crippen molar-refractivity contribution in [3.8, 4) is 0 Å². The van der Waals surface area contributed by atoms with Crippen LogP contribution in [0, 0.1) is 0 Å². The second-order valence-electron chi connectivity index (χ2n) is 5.82. The first-order valence-corrected chi connectivity index (χ1v) is 10.3. The first kappa shape index (κ1) is 25.0. The summed E-state index contributed by atoms with van der Waals surface area (Å²) in [5, 5.41) is 0. The molecule has 0 aliphatic carbocycles. The predicted octanol–water partition coefficient (Wildman–Crippen LogP) is 4.02. The summed E-state index contributed by atoms with van der Waals surface area (Å²) in [6.07, 6.45) is 0.440. The highest BCUT2D eigenvalue weighted by molar-refractivity contribution is 7.85. The van der Waals surface area contributed by atoms with Crippen molar-refractivity contribution in [2.75, 3.05) is 31.9 Å². The molecule has 0 saturated heterocycles. The molecule has 0 spiro atoms. The lowest BCUT2D eigenvalue weighted by atomic mass is 10.1. The molecule has 0 atom stereocenters. The highest BCUT2D eigenvalue weighted by Crippen LogP contribution is 2.10. The van der Waals surface area contributed by atoms with E-state index < -0.39 is 16.5 Å². The molecule has 7 heteroatoms. The van der Waals surface area contributed by atoms with Crippen molar-refractivity contribution in [2.45, 2.75) is 72.6 Å². The van der Waals surface area contributed by atoms with Gasteiger partial charge < -0.3 is 9.04 Å². The van der Waals surface area contributed by atoms with Gasteiger partial charge in [0.15, 0.2) is 0 Å². The Morgan fingerprint density at radius 3 is 1.52 bits per heavy atom. The van der Waals surface area contributed by atoms with Crippen LogP contribution < -0.4 is 0 Å². The monoisotopic (exact) mass is 359 g/mol. The molecule has 0 aromatic rings. The van der Waals surface area contributed by atoms with Gasteiger partial charge in [0.05, 0.1) is 36.3 Å². The largest absolute Gasteiger partial charge is 0.748 e. The second kappa shape index (κ2) is 14.1. The Balaban J connectivity index is 0. The molecular weight excluding hydrogens is 324 g/mol. The lowest BCUT2D eigenvalue weighted by Gasteiger charge is -2.34. The molecule has 0 aromatic heterocycles. The Morgan fingerprint density at radius 1 is 0.826 bits per heavy atom. The zero-order valence-corrected chi connectivity index (χ0v) is 16.0. The number of hydrogen-bond donors (Lipinski definition) is 0. The average molecular weight is 360 g/mol. The van der Waals surface area contributed by atoms with Crippen molar-refractivity contribution < 1.29 is 26.2 Å². The molecular formula is C16H35F2NO3S. The third-order valence-corrected chi connectivity index (χ3v) is 5.29.